The molecular weight excluding hydrogens is 277 g/mol. The molecule has 3 nitrogen and oxygen atoms in total. The Balaban J connectivity index is 2.27. The van der Waals surface area contributed by atoms with Gasteiger partial charge in [0.15, 0.2) is 0 Å². The molecule has 0 aliphatic rings. The molecule has 0 saturated carbocycles. The van der Waals surface area contributed by atoms with E-state index in [-0.39, 0.29) is 11.9 Å². The molecular formula is C15H19ClFN3. The van der Waals surface area contributed by atoms with E-state index in [1.165, 1.54) is 6.07 Å². The van der Waals surface area contributed by atoms with Crippen LogP contribution < -0.4 is 5.32 Å². The number of hydrogen-bond acceptors (Lipinski definition) is 2. The molecule has 20 heavy (non-hydrogen) atoms. The summed E-state index contributed by atoms with van der Waals surface area (Å²) in [7, 11) is 1.89. The van der Waals surface area contributed by atoms with Crippen LogP contribution in [-0.2, 0) is 13.5 Å². The first-order chi connectivity index (χ1) is 9.51. The zero-order valence-electron chi connectivity index (χ0n) is 12.0. The number of nitrogens with zero attached hydrogens (tertiary/aromatic N) is 2. The van der Waals surface area contributed by atoms with Gasteiger partial charge in [-0.05, 0) is 37.6 Å². The Kier molecular flexibility index (Phi) is 4.78. The van der Waals surface area contributed by atoms with Gasteiger partial charge in [0.05, 0.1) is 5.69 Å². The van der Waals surface area contributed by atoms with Gasteiger partial charge in [0, 0.05) is 29.9 Å². The maximum absolute atomic E-state index is 13.9. The highest BCUT2D eigenvalue weighted by Crippen LogP contribution is 2.23. The summed E-state index contributed by atoms with van der Waals surface area (Å²) in [6.45, 7) is 4.82. The van der Waals surface area contributed by atoms with Crippen LogP contribution in [0.5, 0.6) is 0 Å². The third-order valence-electron chi connectivity index (χ3n) is 3.32. The largest absolute Gasteiger partial charge is 0.310 e. The van der Waals surface area contributed by atoms with Crippen molar-refractivity contribution in [1.29, 1.82) is 0 Å². The van der Waals surface area contributed by atoms with Crippen LogP contribution in [-0.4, -0.2) is 16.3 Å². The van der Waals surface area contributed by atoms with Gasteiger partial charge in [0.1, 0.15) is 5.82 Å². The van der Waals surface area contributed by atoms with Gasteiger partial charge in [-0.1, -0.05) is 24.6 Å². The maximum atomic E-state index is 13.9. The first kappa shape index (κ1) is 15.0. The Hall–Kier alpha value is -1.39. The van der Waals surface area contributed by atoms with Crippen molar-refractivity contribution in [3.63, 3.8) is 0 Å². The van der Waals surface area contributed by atoms with Crippen molar-refractivity contribution in [2.75, 3.05) is 6.54 Å². The van der Waals surface area contributed by atoms with E-state index in [0.29, 0.717) is 17.0 Å². The molecule has 5 heteroatoms. The number of hydrogen-bond donors (Lipinski definition) is 1. The molecule has 1 unspecified atom stereocenters. The van der Waals surface area contributed by atoms with Gasteiger partial charge in [0.2, 0.25) is 0 Å². The smallest absolute Gasteiger partial charge is 0.127 e. The molecule has 0 aliphatic carbocycles. The van der Waals surface area contributed by atoms with Crippen molar-refractivity contribution < 1.29 is 4.39 Å². The average Bonchev–Trinajstić information content (AvgIpc) is 2.71. The molecule has 108 valence electrons. The summed E-state index contributed by atoms with van der Waals surface area (Å²) in [5.41, 5.74) is 2.72. The van der Waals surface area contributed by atoms with Crippen LogP contribution in [0, 0.1) is 12.7 Å². The predicted octanol–water partition coefficient (Wildman–Crippen LogP) is 3.41. The zero-order chi connectivity index (χ0) is 14.7. The molecule has 2 aromatic rings. The SMILES string of the molecule is CCNC(Cc1ccc(Cl)cc1F)c1cn(C)nc1C. The molecule has 0 fully saturated rings. The lowest BCUT2D eigenvalue weighted by Crippen LogP contribution is -2.23. The summed E-state index contributed by atoms with van der Waals surface area (Å²) in [4.78, 5) is 0. The highest BCUT2D eigenvalue weighted by molar-refractivity contribution is 6.30. The minimum Gasteiger partial charge on any atom is -0.310 e. The maximum Gasteiger partial charge on any atom is 0.127 e. The van der Waals surface area contributed by atoms with Crippen LogP contribution in [0.1, 0.15) is 29.8 Å². The molecule has 0 aliphatic heterocycles. The van der Waals surface area contributed by atoms with Crippen molar-refractivity contribution in [1.82, 2.24) is 15.1 Å². The van der Waals surface area contributed by atoms with E-state index in [1.807, 2.05) is 27.1 Å². The third-order valence-corrected chi connectivity index (χ3v) is 3.55. The average molecular weight is 296 g/mol. The van der Waals surface area contributed by atoms with Gasteiger partial charge in [-0.15, -0.1) is 0 Å². The van der Waals surface area contributed by atoms with E-state index < -0.39 is 0 Å². The molecule has 2 rings (SSSR count). The second kappa shape index (κ2) is 6.37. The number of halogens is 2. The molecule has 0 amide bonds. The molecule has 0 spiro atoms. The second-order valence-electron chi connectivity index (χ2n) is 4.89. The fourth-order valence-corrected chi connectivity index (χ4v) is 2.56. The standard InChI is InChI=1S/C15H19ClFN3/c1-4-18-15(13-9-20(3)19-10(13)2)7-11-5-6-12(16)8-14(11)17/h5-6,8-9,15,18H,4,7H2,1-3H3. The van der Waals surface area contributed by atoms with E-state index in [2.05, 4.69) is 10.4 Å². The van der Waals surface area contributed by atoms with Crippen LogP contribution in [0.4, 0.5) is 4.39 Å². The summed E-state index contributed by atoms with van der Waals surface area (Å²) < 4.78 is 15.7. The molecule has 0 radical (unpaired) electrons. The molecule has 0 saturated heterocycles. The van der Waals surface area contributed by atoms with Crippen molar-refractivity contribution in [3.05, 3.63) is 52.1 Å². The Labute approximate surface area is 123 Å². The van der Waals surface area contributed by atoms with Gasteiger partial charge >= 0.3 is 0 Å². The number of aromatic nitrogens is 2. The second-order valence-corrected chi connectivity index (χ2v) is 5.33. The number of likely N-dealkylation sites (N-methyl/N-ethyl adjacent to an activating group) is 1. The van der Waals surface area contributed by atoms with Crippen molar-refractivity contribution in [2.24, 2.45) is 7.05 Å². The van der Waals surface area contributed by atoms with Gasteiger partial charge in [-0.2, -0.15) is 5.10 Å². The van der Waals surface area contributed by atoms with E-state index in [9.17, 15) is 4.39 Å². The van der Waals surface area contributed by atoms with Crippen molar-refractivity contribution >= 4 is 11.6 Å². The molecule has 1 aromatic carbocycles. The number of aryl methyl sites for hydroxylation is 2. The lowest BCUT2D eigenvalue weighted by atomic mass is 9.99. The summed E-state index contributed by atoms with van der Waals surface area (Å²) >= 11 is 5.79. The minimum atomic E-state index is -0.262. The van der Waals surface area contributed by atoms with E-state index in [4.69, 9.17) is 11.6 Å². The first-order valence-corrected chi connectivity index (χ1v) is 7.06. The van der Waals surface area contributed by atoms with Gasteiger partial charge in [-0.3, -0.25) is 4.68 Å². The van der Waals surface area contributed by atoms with Gasteiger partial charge in [0.25, 0.3) is 0 Å². The topological polar surface area (TPSA) is 29.9 Å². The first-order valence-electron chi connectivity index (χ1n) is 6.68. The fraction of sp³-hybridized carbons (Fsp3) is 0.400. The van der Waals surface area contributed by atoms with Crippen LogP contribution in [0.2, 0.25) is 5.02 Å². The molecule has 0 bridgehead atoms. The van der Waals surface area contributed by atoms with Crippen molar-refractivity contribution in [2.45, 2.75) is 26.3 Å². The van der Waals surface area contributed by atoms with Crippen LogP contribution in [0.25, 0.3) is 0 Å². The summed E-state index contributed by atoms with van der Waals surface area (Å²) in [5, 5.41) is 8.16. The Morgan fingerprint density at radius 3 is 2.75 bits per heavy atom. The molecule has 1 atom stereocenters. The van der Waals surface area contributed by atoms with E-state index in [0.717, 1.165) is 17.8 Å². The quantitative estimate of drug-likeness (QED) is 0.916. The third kappa shape index (κ3) is 3.38. The Morgan fingerprint density at radius 2 is 2.20 bits per heavy atom. The molecule has 1 N–H and O–H groups in total. The minimum absolute atomic E-state index is 0.0457. The zero-order valence-corrected chi connectivity index (χ0v) is 12.7. The van der Waals surface area contributed by atoms with Crippen LogP contribution in [0.3, 0.4) is 0 Å². The number of rotatable bonds is 5. The highest BCUT2D eigenvalue weighted by Gasteiger charge is 2.18. The summed E-state index contributed by atoms with van der Waals surface area (Å²) in [6.07, 6.45) is 2.56. The van der Waals surface area contributed by atoms with Crippen molar-refractivity contribution in [3.8, 4) is 0 Å². The van der Waals surface area contributed by atoms with Gasteiger partial charge < -0.3 is 5.32 Å². The lowest BCUT2D eigenvalue weighted by molar-refractivity contribution is 0.526. The van der Waals surface area contributed by atoms with E-state index >= 15 is 0 Å². The Bertz CT molecular complexity index is 595. The monoisotopic (exact) mass is 295 g/mol. The van der Waals surface area contributed by atoms with Crippen LogP contribution >= 0.6 is 11.6 Å². The predicted molar refractivity (Wildman–Crippen MR) is 79.5 cm³/mol. The summed E-state index contributed by atoms with van der Waals surface area (Å²) in [5.74, 6) is -0.262. The molecule has 1 aromatic heterocycles. The summed E-state index contributed by atoms with van der Waals surface area (Å²) in [6, 6.07) is 4.87. The molecule has 1 heterocycles. The number of benzene rings is 1. The Morgan fingerprint density at radius 1 is 1.45 bits per heavy atom. The lowest BCUT2D eigenvalue weighted by Gasteiger charge is -2.18. The van der Waals surface area contributed by atoms with E-state index in [1.54, 1.807) is 16.8 Å². The van der Waals surface area contributed by atoms with Crippen LogP contribution in [0.15, 0.2) is 24.4 Å². The number of nitrogens with one attached hydrogen (secondary N) is 1. The highest BCUT2D eigenvalue weighted by atomic mass is 35.5. The van der Waals surface area contributed by atoms with Gasteiger partial charge in [-0.25, -0.2) is 4.39 Å². The normalized spacial score (nSPS) is 12.7. The fourth-order valence-electron chi connectivity index (χ4n) is 2.41.